The zero-order valence-electron chi connectivity index (χ0n) is 12.4. The van der Waals surface area contributed by atoms with Crippen molar-refractivity contribution in [2.24, 2.45) is 5.92 Å². The molecule has 0 bridgehead atoms. The molecule has 2 rings (SSSR count). The van der Waals surface area contributed by atoms with Crippen molar-refractivity contribution < 1.29 is 0 Å². The molecule has 19 heavy (non-hydrogen) atoms. The summed E-state index contributed by atoms with van der Waals surface area (Å²) in [6.45, 7) is 12.3. The van der Waals surface area contributed by atoms with Crippen LogP contribution in [0.25, 0.3) is 0 Å². The molecule has 2 nitrogen and oxygen atoms in total. The molecule has 1 aliphatic heterocycles. The minimum absolute atomic E-state index is 0.725. The van der Waals surface area contributed by atoms with E-state index in [1.807, 2.05) is 11.3 Å². The van der Waals surface area contributed by atoms with Crippen LogP contribution in [0.4, 0.5) is 0 Å². The molecule has 2 heterocycles. The Morgan fingerprint density at radius 2 is 2.11 bits per heavy atom. The molecule has 0 aliphatic carbocycles. The predicted octanol–water partition coefficient (Wildman–Crippen LogP) is 3.65. The lowest BCUT2D eigenvalue weighted by Gasteiger charge is -2.24. The zero-order valence-corrected chi connectivity index (χ0v) is 13.2. The number of hydrogen-bond donors (Lipinski definition) is 1. The number of hydrogen-bond acceptors (Lipinski definition) is 3. The van der Waals surface area contributed by atoms with Crippen LogP contribution in [0.15, 0.2) is 23.8 Å². The lowest BCUT2D eigenvalue weighted by atomic mass is 10.1. The molecule has 0 saturated carbocycles. The first-order valence-electron chi connectivity index (χ1n) is 7.30. The fourth-order valence-corrected chi connectivity index (χ4v) is 3.29. The topological polar surface area (TPSA) is 15.3 Å². The SMILES string of the molecule is CC1=CCN(Cc2ccc(CNCC(C)C)s2)CC1. The molecule has 0 unspecified atom stereocenters. The van der Waals surface area contributed by atoms with Crippen molar-refractivity contribution >= 4 is 11.3 Å². The first-order valence-corrected chi connectivity index (χ1v) is 8.11. The molecule has 1 N–H and O–H groups in total. The van der Waals surface area contributed by atoms with Crippen LogP contribution in [0.5, 0.6) is 0 Å². The first-order chi connectivity index (χ1) is 9.13. The van der Waals surface area contributed by atoms with E-state index in [2.05, 4.69) is 49.2 Å². The summed E-state index contributed by atoms with van der Waals surface area (Å²) in [5, 5.41) is 3.51. The Morgan fingerprint density at radius 1 is 1.32 bits per heavy atom. The van der Waals surface area contributed by atoms with Gasteiger partial charge in [0.15, 0.2) is 0 Å². The van der Waals surface area contributed by atoms with Crippen molar-refractivity contribution in [1.82, 2.24) is 10.2 Å². The van der Waals surface area contributed by atoms with Crippen molar-refractivity contribution in [2.45, 2.75) is 40.3 Å². The fraction of sp³-hybridized carbons (Fsp3) is 0.625. The monoisotopic (exact) mass is 278 g/mol. The molecule has 0 saturated heterocycles. The van der Waals surface area contributed by atoms with Crippen LogP contribution in [-0.4, -0.2) is 24.5 Å². The van der Waals surface area contributed by atoms with Crippen molar-refractivity contribution in [3.05, 3.63) is 33.5 Å². The summed E-state index contributed by atoms with van der Waals surface area (Å²) >= 11 is 1.95. The van der Waals surface area contributed by atoms with Gasteiger partial charge in [0.25, 0.3) is 0 Å². The van der Waals surface area contributed by atoms with Crippen LogP contribution in [0.1, 0.15) is 36.9 Å². The Kier molecular flexibility index (Phi) is 5.61. The van der Waals surface area contributed by atoms with Crippen LogP contribution in [0.2, 0.25) is 0 Å². The van der Waals surface area contributed by atoms with Gasteiger partial charge in [-0.2, -0.15) is 0 Å². The van der Waals surface area contributed by atoms with E-state index in [1.54, 1.807) is 5.57 Å². The quantitative estimate of drug-likeness (QED) is 0.799. The maximum absolute atomic E-state index is 3.51. The maximum Gasteiger partial charge on any atom is 0.0331 e. The predicted molar refractivity (Wildman–Crippen MR) is 84.5 cm³/mol. The van der Waals surface area contributed by atoms with Gasteiger partial charge >= 0.3 is 0 Å². The standard InChI is InChI=1S/C16H26N2S/c1-13(2)10-17-11-15-4-5-16(19-15)12-18-8-6-14(3)7-9-18/h4-6,13,17H,7-12H2,1-3H3. The Balaban J connectivity index is 1.77. The van der Waals surface area contributed by atoms with Crippen molar-refractivity contribution in [2.75, 3.05) is 19.6 Å². The van der Waals surface area contributed by atoms with Gasteiger partial charge in [0.1, 0.15) is 0 Å². The van der Waals surface area contributed by atoms with Crippen molar-refractivity contribution in [1.29, 1.82) is 0 Å². The molecule has 1 aromatic heterocycles. The highest BCUT2D eigenvalue weighted by Crippen LogP contribution is 2.20. The van der Waals surface area contributed by atoms with Crippen LogP contribution >= 0.6 is 11.3 Å². The average molecular weight is 278 g/mol. The highest BCUT2D eigenvalue weighted by molar-refractivity contribution is 7.11. The minimum Gasteiger partial charge on any atom is -0.312 e. The molecule has 3 heteroatoms. The van der Waals surface area contributed by atoms with Gasteiger partial charge in [-0.3, -0.25) is 4.90 Å². The van der Waals surface area contributed by atoms with E-state index in [1.165, 1.54) is 22.7 Å². The number of nitrogens with zero attached hydrogens (tertiary/aromatic N) is 1. The molecular formula is C16H26N2S. The number of rotatable bonds is 6. The second-order valence-corrected chi connectivity index (χ2v) is 7.18. The summed E-state index contributed by atoms with van der Waals surface area (Å²) in [6, 6.07) is 4.57. The van der Waals surface area contributed by atoms with Gasteiger partial charge in [-0.15, -0.1) is 11.3 Å². The number of thiophene rings is 1. The highest BCUT2D eigenvalue weighted by Gasteiger charge is 2.10. The lowest BCUT2D eigenvalue weighted by molar-refractivity contribution is 0.288. The first kappa shape index (κ1) is 14.8. The van der Waals surface area contributed by atoms with Crippen molar-refractivity contribution in [3.63, 3.8) is 0 Å². The van der Waals surface area contributed by atoms with Gasteiger partial charge in [-0.05, 0) is 37.9 Å². The number of nitrogens with one attached hydrogen (secondary N) is 1. The molecule has 0 aromatic carbocycles. The molecule has 0 fully saturated rings. The van der Waals surface area contributed by atoms with Gasteiger partial charge in [-0.25, -0.2) is 0 Å². The molecule has 0 spiro atoms. The average Bonchev–Trinajstić information content (AvgIpc) is 2.79. The zero-order chi connectivity index (χ0) is 13.7. The summed E-state index contributed by atoms with van der Waals surface area (Å²) in [5.41, 5.74) is 1.54. The molecule has 1 aliphatic rings. The largest absolute Gasteiger partial charge is 0.312 e. The van der Waals surface area contributed by atoms with Gasteiger partial charge in [0, 0.05) is 35.9 Å². The minimum atomic E-state index is 0.725. The molecule has 0 radical (unpaired) electrons. The molecule has 1 aromatic rings. The molecule has 0 amide bonds. The van der Waals surface area contributed by atoms with Crippen LogP contribution in [0, 0.1) is 5.92 Å². The third kappa shape index (κ3) is 5.09. The van der Waals surface area contributed by atoms with E-state index in [0.29, 0.717) is 0 Å². The summed E-state index contributed by atoms with van der Waals surface area (Å²) in [7, 11) is 0. The second-order valence-electron chi connectivity index (χ2n) is 5.93. The Morgan fingerprint density at radius 3 is 2.79 bits per heavy atom. The van der Waals surface area contributed by atoms with E-state index in [-0.39, 0.29) is 0 Å². The third-order valence-corrected chi connectivity index (χ3v) is 4.54. The van der Waals surface area contributed by atoms with Gasteiger partial charge < -0.3 is 5.32 Å². The Hall–Kier alpha value is -0.640. The Labute approximate surface area is 121 Å². The second kappa shape index (κ2) is 7.22. The van der Waals surface area contributed by atoms with E-state index < -0.39 is 0 Å². The van der Waals surface area contributed by atoms with Gasteiger partial charge in [-0.1, -0.05) is 25.5 Å². The molecule has 0 atom stereocenters. The maximum atomic E-state index is 3.51. The molecular weight excluding hydrogens is 252 g/mol. The fourth-order valence-electron chi connectivity index (χ4n) is 2.26. The smallest absolute Gasteiger partial charge is 0.0331 e. The van der Waals surface area contributed by atoms with E-state index >= 15 is 0 Å². The van der Waals surface area contributed by atoms with E-state index in [4.69, 9.17) is 0 Å². The normalized spacial score (nSPS) is 16.9. The van der Waals surface area contributed by atoms with Crippen LogP contribution in [-0.2, 0) is 13.1 Å². The van der Waals surface area contributed by atoms with Gasteiger partial charge in [0.05, 0.1) is 0 Å². The van der Waals surface area contributed by atoms with Crippen LogP contribution in [0.3, 0.4) is 0 Å². The highest BCUT2D eigenvalue weighted by atomic mass is 32.1. The van der Waals surface area contributed by atoms with Crippen molar-refractivity contribution in [3.8, 4) is 0 Å². The summed E-state index contributed by atoms with van der Waals surface area (Å²) in [5.74, 6) is 0.725. The summed E-state index contributed by atoms with van der Waals surface area (Å²) in [4.78, 5) is 5.48. The summed E-state index contributed by atoms with van der Waals surface area (Å²) in [6.07, 6.45) is 3.59. The van der Waals surface area contributed by atoms with Crippen LogP contribution < -0.4 is 5.32 Å². The van der Waals surface area contributed by atoms with E-state index in [9.17, 15) is 0 Å². The third-order valence-electron chi connectivity index (χ3n) is 3.47. The van der Waals surface area contributed by atoms with Gasteiger partial charge in [0.2, 0.25) is 0 Å². The van der Waals surface area contributed by atoms with E-state index in [0.717, 1.165) is 32.1 Å². The lowest BCUT2D eigenvalue weighted by Crippen LogP contribution is -2.27. The Bertz CT molecular complexity index is 420. The molecule has 106 valence electrons. The summed E-state index contributed by atoms with van der Waals surface area (Å²) < 4.78 is 0.